The Kier molecular flexibility index (Phi) is 8.50. The predicted octanol–water partition coefficient (Wildman–Crippen LogP) is 3.06. The van der Waals surface area contributed by atoms with Crippen molar-refractivity contribution in [2.75, 3.05) is 33.4 Å². The third-order valence-electron chi connectivity index (χ3n) is 6.14. The van der Waals surface area contributed by atoms with E-state index in [9.17, 15) is 9.90 Å². The lowest BCUT2D eigenvalue weighted by Gasteiger charge is -2.26. The zero-order valence-electron chi connectivity index (χ0n) is 20.5. The Hall–Kier alpha value is -3.93. The van der Waals surface area contributed by atoms with E-state index in [1.807, 2.05) is 24.3 Å². The molecule has 1 saturated heterocycles. The first kappa shape index (κ1) is 25.2. The molecule has 0 radical (unpaired) electrons. The summed E-state index contributed by atoms with van der Waals surface area (Å²) < 4.78 is 5.41. The van der Waals surface area contributed by atoms with E-state index < -0.39 is 17.2 Å². The smallest absolute Gasteiger partial charge is 0.293 e. The number of benzene rings is 2. The third-order valence-corrected chi connectivity index (χ3v) is 6.14. The number of aromatic nitrogens is 2. The molecule has 2 heterocycles. The summed E-state index contributed by atoms with van der Waals surface area (Å²) in [5, 5.41) is 14.3. The van der Waals surface area contributed by atoms with Gasteiger partial charge in [0, 0.05) is 30.8 Å². The van der Waals surface area contributed by atoms with E-state index in [1.54, 1.807) is 6.92 Å². The maximum absolute atomic E-state index is 11.9. The van der Waals surface area contributed by atoms with Gasteiger partial charge in [0.25, 0.3) is 5.56 Å². The number of ether oxygens (including phenoxy) is 1. The molecule has 186 valence electrons. The summed E-state index contributed by atoms with van der Waals surface area (Å²) in [7, 11) is 1.46. The Labute approximate surface area is 210 Å². The van der Waals surface area contributed by atoms with Gasteiger partial charge in [-0.1, -0.05) is 41.3 Å². The van der Waals surface area contributed by atoms with Gasteiger partial charge in [-0.15, -0.1) is 0 Å². The van der Waals surface area contributed by atoms with Gasteiger partial charge in [-0.25, -0.2) is 4.98 Å². The van der Waals surface area contributed by atoms with E-state index in [0.717, 1.165) is 49.5 Å². The number of morpholine rings is 1. The molecular formula is C28H30N4O4. The van der Waals surface area contributed by atoms with Gasteiger partial charge in [0.1, 0.15) is 7.11 Å². The maximum Gasteiger partial charge on any atom is 0.293 e. The fourth-order valence-corrected chi connectivity index (χ4v) is 4.13. The highest BCUT2D eigenvalue weighted by molar-refractivity contribution is 5.88. The van der Waals surface area contributed by atoms with Crippen LogP contribution in [0.2, 0.25) is 0 Å². The van der Waals surface area contributed by atoms with Crippen molar-refractivity contribution in [3.05, 3.63) is 93.2 Å². The summed E-state index contributed by atoms with van der Waals surface area (Å²) in [5.74, 6) is 5.61. The Balaban J connectivity index is 1.43. The van der Waals surface area contributed by atoms with Gasteiger partial charge in [0.2, 0.25) is 5.75 Å². The summed E-state index contributed by atoms with van der Waals surface area (Å²) in [6.45, 7) is 6.25. The first-order chi connectivity index (χ1) is 17.5. The largest absolute Gasteiger partial charge is 0.502 e. The fraction of sp³-hybridized carbons (Fsp3) is 0.321. The molecule has 0 aliphatic carbocycles. The molecule has 1 aliphatic rings. The van der Waals surface area contributed by atoms with Gasteiger partial charge in [-0.3, -0.25) is 9.69 Å². The topological polar surface area (TPSA) is 100 Å². The van der Waals surface area contributed by atoms with E-state index in [1.165, 1.54) is 19.0 Å². The Morgan fingerprint density at radius 2 is 1.72 bits per heavy atom. The van der Waals surface area contributed by atoms with Crippen molar-refractivity contribution in [2.45, 2.75) is 25.8 Å². The van der Waals surface area contributed by atoms with Crippen molar-refractivity contribution in [1.82, 2.24) is 14.9 Å². The molecule has 0 spiro atoms. The first-order valence-electron chi connectivity index (χ1n) is 11.9. The van der Waals surface area contributed by atoms with Crippen LogP contribution in [0.25, 0.3) is 0 Å². The normalized spacial score (nSPS) is 15.1. The van der Waals surface area contributed by atoms with Crippen molar-refractivity contribution in [3.8, 4) is 17.6 Å². The fourth-order valence-electron chi connectivity index (χ4n) is 4.13. The molecular weight excluding hydrogens is 456 g/mol. The minimum Gasteiger partial charge on any atom is -0.502 e. The predicted molar refractivity (Wildman–Crippen MR) is 138 cm³/mol. The second-order valence-corrected chi connectivity index (χ2v) is 8.67. The molecule has 2 aromatic carbocycles. The molecule has 2 N–H and O–H groups in total. The van der Waals surface area contributed by atoms with Gasteiger partial charge in [-0.2, -0.15) is 0 Å². The SMILES string of the molecule is CO/N=C(\C)C(Cc1ccc(C#Cc2ccc(CN3CCOCC3)cc2)cc1)c1nc[nH]c(=O)c1O. The second-order valence-electron chi connectivity index (χ2n) is 8.67. The van der Waals surface area contributed by atoms with Crippen LogP contribution in [0.4, 0.5) is 0 Å². The Bertz CT molecular complexity index is 1300. The highest BCUT2D eigenvalue weighted by Crippen LogP contribution is 2.26. The summed E-state index contributed by atoms with van der Waals surface area (Å²) >= 11 is 0. The van der Waals surface area contributed by atoms with Crippen LogP contribution in [0.15, 0.2) is 64.8 Å². The van der Waals surface area contributed by atoms with E-state index in [4.69, 9.17) is 9.57 Å². The Morgan fingerprint density at radius 1 is 1.11 bits per heavy atom. The van der Waals surface area contributed by atoms with Crippen molar-refractivity contribution in [3.63, 3.8) is 0 Å². The summed E-state index contributed by atoms with van der Waals surface area (Å²) in [5.41, 5.74) is 4.40. The molecule has 3 aromatic rings. The number of nitrogens with zero attached hydrogens (tertiary/aromatic N) is 3. The van der Waals surface area contributed by atoms with Crippen molar-refractivity contribution >= 4 is 5.71 Å². The lowest BCUT2D eigenvalue weighted by Crippen LogP contribution is -2.35. The van der Waals surface area contributed by atoms with E-state index in [0.29, 0.717) is 12.1 Å². The van der Waals surface area contributed by atoms with Crippen LogP contribution in [0, 0.1) is 11.8 Å². The summed E-state index contributed by atoms with van der Waals surface area (Å²) in [6.07, 6.45) is 1.76. The standard InChI is InChI=1S/C28H30N4O4/c1-20(31-35-2)25(26-27(33)28(34)30-19-29-26)17-23-9-5-21(6-10-23)3-4-22-7-11-24(12-8-22)18-32-13-15-36-16-14-32/h5-12,19,25,33H,13-18H2,1-2H3,(H,29,30,34)/b31-20+. The lowest BCUT2D eigenvalue weighted by atomic mass is 9.91. The third kappa shape index (κ3) is 6.60. The monoisotopic (exact) mass is 486 g/mol. The number of oxime groups is 1. The molecule has 1 aromatic heterocycles. The lowest BCUT2D eigenvalue weighted by molar-refractivity contribution is 0.0342. The number of aromatic amines is 1. The summed E-state index contributed by atoms with van der Waals surface area (Å²) in [4.78, 5) is 25.8. The van der Waals surface area contributed by atoms with Crippen molar-refractivity contribution in [2.24, 2.45) is 5.16 Å². The highest BCUT2D eigenvalue weighted by atomic mass is 16.6. The van der Waals surface area contributed by atoms with Gasteiger partial charge in [0.05, 0.1) is 36.9 Å². The number of H-pyrrole nitrogens is 1. The molecule has 1 atom stereocenters. The first-order valence-corrected chi connectivity index (χ1v) is 11.9. The number of nitrogens with one attached hydrogen (secondary N) is 1. The minimum atomic E-state index is -0.588. The van der Waals surface area contributed by atoms with Crippen LogP contribution in [0.1, 0.15) is 40.8 Å². The van der Waals surface area contributed by atoms with Crippen LogP contribution in [-0.2, 0) is 22.5 Å². The second kappa shape index (κ2) is 12.2. The molecule has 4 rings (SSSR count). The highest BCUT2D eigenvalue weighted by Gasteiger charge is 2.23. The molecule has 1 fully saturated rings. The molecule has 0 bridgehead atoms. The van der Waals surface area contributed by atoms with Gasteiger partial charge < -0.3 is 19.7 Å². The van der Waals surface area contributed by atoms with Crippen LogP contribution >= 0.6 is 0 Å². The number of hydrogen-bond acceptors (Lipinski definition) is 7. The average Bonchev–Trinajstić information content (AvgIpc) is 2.90. The van der Waals surface area contributed by atoms with Crippen LogP contribution in [0.3, 0.4) is 0 Å². The molecule has 8 heteroatoms. The van der Waals surface area contributed by atoms with Crippen LogP contribution in [0.5, 0.6) is 5.75 Å². The molecule has 8 nitrogen and oxygen atoms in total. The van der Waals surface area contributed by atoms with Gasteiger partial charge in [-0.05, 0) is 48.7 Å². The minimum absolute atomic E-state index is 0.262. The number of rotatable bonds is 7. The molecule has 1 unspecified atom stereocenters. The Morgan fingerprint density at radius 3 is 2.33 bits per heavy atom. The van der Waals surface area contributed by atoms with Crippen LogP contribution < -0.4 is 5.56 Å². The van der Waals surface area contributed by atoms with Crippen molar-refractivity contribution < 1.29 is 14.7 Å². The average molecular weight is 487 g/mol. The van der Waals surface area contributed by atoms with Crippen molar-refractivity contribution in [1.29, 1.82) is 0 Å². The quantitative estimate of drug-likeness (QED) is 0.303. The zero-order valence-corrected chi connectivity index (χ0v) is 20.5. The summed E-state index contributed by atoms with van der Waals surface area (Å²) in [6, 6.07) is 16.2. The number of aromatic hydroxyl groups is 1. The van der Waals surface area contributed by atoms with E-state index in [-0.39, 0.29) is 5.69 Å². The number of hydrogen-bond donors (Lipinski definition) is 2. The molecule has 1 aliphatic heterocycles. The van der Waals surface area contributed by atoms with E-state index in [2.05, 4.69) is 56.1 Å². The molecule has 36 heavy (non-hydrogen) atoms. The molecule has 0 saturated carbocycles. The van der Waals surface area contributed by atoms with Crippen LogP contribution in [-0.4, -0.2) is 59.1 Å². The maximum atomic E-state index is 11.9. The zero-order chi connectivity index (χ0) is 25.3. The van der Waals surface area contributed by atoms with Gasteiger partial charge >= 0.3 is 0 Å². The van der Waals surface area contributed by atoms with Gasteiger partial charge in [0.15, 0.2) is 0 Å². The van der Waals surface area contributed by atoms with E-state index >= 15 is 0 Å². The molecule has 0 amide bonds.